The van der Waals surface area contributed by atoms with E-state index in [0.29, 0.717) is 53.7 Å². The number of anilines is 6. The number of sulfonamides is 1. The van der Waals surface area contributed by atoms with Crippen LogP contribution in [-0.4, -0.2) is 101 Å². The molecule has 0 unspecified atom stereocenters. The summed E-state index contributed by atoms with van der Waals surface area (Å²) >= 11 is 6.51. The second-order valence-corrected chi connectivity index (χ2v) is 14.4. The summed E-state index contributed by atoms with van der Waals surface area (Å²) in [5.41, 5.74) is 4.93. The fourth-order valence-corrected chi connectivity index (χ4v) is 7.20. The van der Waals surface area contributed by atoms with Crippen molar-refractivity contribution < 1.29 is 17.9 Å². The molecule has 0 radical (unpaired) electrons. The highest BCUT2D eigenvalue weighted by atomic mass is 35.5. The number of ether oxygens (including phenoxy) is 2. The van der Waals surface area contributed by atoms with E-state index in [0.717, 1.165) is 76.0 Å². The molecule has 2 fully saturated rings. The molecular formula is C32H43ClN8O4S. The zero-order valence-corrected chi connectivity index (χ0v) is 28.5. The minimum atomic E-state index is -3.53. The van der Waals surface area contributed by atoms with Crippen molar-refractivity contribution in [1.82, 2.24) is 19.8 Å². The van der Waals surface area contributed by atoms with Gasteiger partial charge in [-0.05, 0) is 49.6 Å². The van der Waals surface area contributed by atoms with E-state index in [-0.39, 0.29) is 5.02 Å². The molecule has 12 nitrogen and oxygen atoms in total. The van der Waals surface area contributed by atoms with Gasteiger partial charge in [0.1, 0.15) is 16.5 Å². The van der Waals surface area contributed by atoms with Crippen LogP contribution in [0.4, 0.5) is 34.5 Å². The van der Waals surface area contributed by atoms with E-state index < -0.39 is 10.0 Å². The van der Waals surface area contributed by atoms with Gasteiger partial charge in [0.25, 0.3) is 0 Å². The van der Waals surface area contributed by atoms with Gasteiger partial charge in [-0.2, -0.15) is 4.98 Å². The highest BCUT2D eigenvalue weighted by molar-refractivity contribution is 7.92. The summed E-state index contributed by atoms with van der Waals surface area (Å²) in [6, 6.07) is 8.39. The number of aromatic nitrogens is 2. The van der Waals surface area contributed by atoms with Gasteiger partial charge in [-0.25, -0.2) is 13.4 Å². The molecular weight excluding hydrogens is 628 g/mol. The van der Waals surface area contributed by atoms with Crippen molar-refractivity contribution in [2.75, 3.05) is 86.5 Å². The summed E-state index contributed by atoms with van der Waals surface area (Å²) < 4.78 is 38.4. The molecule has 46 heavy (non-hydrogen) atoms. The summed E-state index contributed by atoms with van der Waals surface area (Å²) in [5, 5.41) is 6.77. The van der Waals surface area contributed by atoms with Crippen LogP contribution in [-0.2, 0) is 22.9 Å². The first-order chi connectivity index (χ1) is 22.1. The number of nitrogens with zero attached hydrogens (tertiary/aromatic N) is 5. The highest BCUT2D eigenvalue weighted by Gasteiger charge is 2.28. The van der Waals surface area contributed by atoms with Gasteiger partial charge in [0.15, 0.2) is 5.82 Å². The molecule has 0 aliphatic carbocycles. The van der Waals surface area contributed by atoms with Gasteiger partial charge < -0.3 is 29.9 Å². The number of aryl methyl sites for hydroxylation is 1. The Morgan fingerprint density at radius 1 is 1.02 bits per heavy atom. The van der Waals surface area contributed by atoms with Crippen molar-refractivity contribution in [3.8, 4) is 11.5 Å². The molecule has 1 aromatic heterocycles. The number of piperazine rings is 1. The lowest BCUT2D eigenvalue weighted by atomic mass is 9.99. The third-order valence-corrected chi connectivity index (χ3v) is 9.88. The average molecular weight is 671 g/mol. The van der Waals surface area contributed by atoms with Crippen LogP contribution >= 0.6 is 11.6 Å². The standard InChI is InChI=1S/C32H43ClN8O4S/c1-5-21-16-27(30(44-3)19-28(21)41-9-6-23(7-10-41)40-13-11-39(2)12-14-40)36-32-34-20-24(33)31(37-32)35-25-18-29-22(8-15-45-29)17-26(25)38-46(4,42)43/h16-20,23,38H,5-15H2,1-4H3,(H2,34,35,36,37). The van der Waals surface area contributed by atoms with Crippen molar-refractivity contribution in [3.05, 3.63) is 46.6 Å². The van der Waals surface area contributed by atoms with E-state index in [2.05, 4.69) is 66.1 Å². The monoisotopic (exact) mass is 670 g/mol. The lowest BCUT2D eigenvalue weighted by Crippen LogP contribution is -2.52. The third kappa shape index (κ3) is 7.38. The van der Waals surface area contributed by atoms with Crippen molar-refractivity contribution in [3.63, 3.8) is 0 Å². The van der Waals surface area contributed by atoms with Crippen LogP contribution in [0.15, 0.2) is 30.5 Å². The second-order valence-electron chi connectivity index (χ2n) is 12.2. The van der Waals surface area contributed by atoms with Crippen molar-refractivity contribution in [1.29, 1.82) is 0 Å². The number of hydrogen-bond donors (Lipinski definition) is 3. The first-order valence-electron chi connectivity index (χ1n) is 15.8. The first-order valence-corrected chi connectivity index (χ1v) is 18.1. The van der Waals surface area contributed by atoms with Crippen molar-refractivity contribution in [2.24, 2.45) is 0 Å². The number of nitrogens with one attached hydrogen (secondary N) is 3. The Balaban J connectivity index is 1.21. The summed E-state index contributed by atoms with van der Waals surface area (Å²) in [6.07, 6.45) is 6.48. The fourth-order valence-electron chi connectivity index (χ4n) is 6.49. The van der Waals surface area contributed by atoms with Crippen LogP contribution in [0.25, 0.3) is 0 Å². The minimum Gasteiger partial charge on any atom is -0.494 e. The number of benzene rings is 2. The van der Waals surface area contributed by atoms with E-state index in [4.69, 9.17) is 21.1 Å². The predicted octanol–water partition coefficient (Wildman–Crippen LogP) is 4.71. The molecule has 0 amide bonds. The molecule has 0 atom stereocenters. The van der Waals surface area contributed by atoms with E-state index in [1.807, 2.05) is 0 Å². The molecule has 3 N–H and O–H groups in total. The predicted molar refractivity (Wildman–Crippen MR) is 184 cm³/mol. The molecule has 3 aliphatic heterocycles. The molecule has 14 heteroatoms. The molecule has 2 aromatic carbocycles. The van der Waals surface area contributed by atoms with E-state index in [1.54, 1.807) is 19.2 Å². The number of methoxy groups -OCH3 is 1. The normalized spacial score (nSPS) is 17.8. The number of piperidine rings is 1. The fraction of sp³-hybridized carbons (Fsp3) is 0.500. The molecule has 0 saturated carbocycles. The number of halogens is 1. The lowest BCUT2D eigenvalue weighted by molar-refractivity contribution is 0.0982. The van der Waals surface area contributed by atoms with Crippen LogP contribution < -0.4 is 29.7 Å². The van der Waals surface area contributed by atoms with Gasteiger partial charge in [0.2, 0.25) is 16.0 Å². The minimum absolute atomic E-state index is 0.272. The maximum absolute atomic E-state index is 12.1. The molecule has 248 valence electrons. The zero-order chi connectivity index (χ0) is 32.4. The Hall–Kier alpha value is -3.52. The van der Waals surface area contributed by atoms with E-state index in [1.165, 1.54) is 17.4 Å². The number of likely N-dealkylation sites (N-methyl/N-ethyl adjacent to an activating group) is 1. The molecule has 4 heterocycles. The van der Waals surface area contributed by atoms with Gasteiger partial charge in [0, 0.05) is 69.6 Å². The van der Waals surface area contributed by atoms with Crippen LogP contribution in [0, 0.1) is 0 Å². The Bertz CT molecular complexity index is 1680. The first kappa shape index (κ1) is 32.4. The number of rotatable bonds is 10. The molecule has 3 aliphatic rings. The smallest absolute Gasteiger partial charge is 0.229 e. The van der Waals surface area contributed by atoms with Gasteiger partial charge >= 0.3 is 0 Å². The summed E-state index contributed by atoms with van der Waals surface area (Å²) in [7, 11) is 0.333. The summed E-state index contributed by atoms with van der Waals surface area (Å²) in [4.78, 5) is 16.6. The second kappa shape index (κ2) is 13.7. The van der Waals surface area contributed by atoms with Crippen LogP contribution in [0.2, 0.25) is 5.02 Å². The largest absolute Gasteiger partial charge is 0.494 e. The van der Waals surface area contributed by atoms with Gasteiger partial charge in [-0.1, -0.05) is 18.5 Å². The number of hydrogen-bond acceptors (Lipinski definition) is 11. The summed E-state index contributed by atoms with van der Waals surface area (Å²) in [6.45, 7) is 9.32. The Kier molecular flexibility index (Phi) is 9.64. The lowest BCUT2D eigenvalue weighted by Gasteiger charge is -2.43. The van der Waals surface area contributed by atoms with Gasteiger partial charge in [-0.15, -0.1) is 0 Å². The Labute approximate surface area is 276 Å². The van der Waals surface area contributed by atoms with E-state index in [9.17, 15) is 8.42 Å². The Morgan fingerprint density at radius 3 is 2.48 bits per heavy atom. The average Bonchev–Trinajstić information content (AvgIpc) is 3.49. The van der Waals surface area contributed by atoms with Crippen LogP contribution in [0.3, 0.4) is 0 Å². The topological polar surface area (TPSA) is 124 Å². The quantitative estimate of drug-likeness (QED) is 0.278. The highest BCUT2D eigenvalue weighted by Crippen LogP contribution is 2.39. The zero-order valence-electron chi connectivity index (χ0n) is 26.9. The maximum atomic E-state index is 12.1. The van der Waals surface area contributed by atoms with Crippen molar-refractivity contribution >= 4 is 56.1 Å². The molecule has 0 spiro atoms. The van der Waals surface area contributed by atoms with Crippen LogP contribution in [0.5, 0.6) is 11.5 Å². The third-order valence-electron chi connectivity index (χ3n) is 9.01. The van der Waals surface area contributed by atoms with Gasteiger partial charge in [-0.3, -0.25) is 9.62 Å². The molecule has 6 rings (SSSR count). The van der Waals surface area contributed by atoms with Crippen molar-refractivity contribution in [2.45, 2.75) is 38.6 Å². The number of fused-ring (bicyclic) bond motifs is 1. The van der Waals surface area contributed by atoms with Crippen LogP contribution in [0.1, 0.15) is 30.9 Å². The maximum Gasteiger partial charge on any atom is 0.229 e. The van der Waals surface area contributed by atoms with E-state index >= 15 is 0 Å². The molecule has 3 aromatic rings. The molecule has 2 saturated heterocycles. The Morgan fingerprint density at radius 2 is 1.78 bits per heavy atom. The molecule has 0 bridgehead atoms. The van der Waals surface area contributed by atoms with Gasteiger partial charge in [0.05, 0.1) is 43.2 Å². The summed E-state index contributed by atoms with van der Waals surface area (Å²) in [5.74, 6) is 1.99. The SMILES string of the molecule is CCc1cc(Nc2ncc(Cl)c(Nc3cc4c(cc3NS(C)(=O)=O)CCO4)n2)c(OC)cc1N1CCC(N2CCN(C)CC2)CC1.